The molecule has 0 aliphatic carbocycles. The third kappa shape index (κ3) is 3.04. The van der Waals surface area contributed by atoms with E-state index in [1.54, 1.807) is 16.8 Å². The Kier molecular flexibility index (Phi) is 4.38. The Morgan fingerprint density at radius 2 is 1.54 bits per heavy atom. The van der Waals surface area contributed by atoms with E-state index in [4.69, 9.17) is 0 Å². The summed E-state index contributed by atoms with van der Waals surface area (Å²) in [6.45, 7) is 4.60. The van der Waals surface area contributed by atoms with E-state index in [-0.39, 0.29) is 11.8 Å². The van der Waals surface area contributed by atoms with Crippen molar-refractivity contribution in [3.63, 3.8) is 0 Å². The lowest BCUT2D eigenvalue weighted by Crippen LogP contribution is -2.38. The van der Waals surface area contributed by atoms with Gasteiger partial charge < -0.3 is 9.80 Å². The Hall–Kier alpha value is -2.62. The topological polar surface area (TPSA) is 40.6 Å². The number of carbonyl (C=O) groups excluding carboxylic acids is 2. The number of rotatable bonds is 3. The summed E-state index contributed by atoms with van der Waals surface area (Å²) in [5.41, 5.74) is 3.96. The molecule has 1 heterocycles. The van der Waals surface area contributed by atoms with Crippen molar-refractivity contribution in [3.8, 4) is 0 Å². The van der Waals surface area contributed by atoms with Crippen LogP contribution in [0.4, 0.5) is 11.4 Å². The molecule has 1 atom stereocenters. The Bertz CT molecular complexity index is 750. The molecule has 2 amide bonds. The number of hydrogen-bond acceptors (Lipinski definition) is 2. The van der Waals surface area contributed by atoms with Gasteiger partial charge in [-0.25, -0.2) is 0 Å². The van der Waals surface area contributed by atoms with E-state index in [0.717, 1.165) is 22.5 Å². The quantitative estimate of drug-likeness (QED) is 0.813. The Balaban J connectivity index is 1.75. The van der Waals surface area contributed by atoms with Crippen molar-refractivity contribution in [2.45, 2.75) is 20.3 Å². The molecule has 4 heteroatoms. The molecular formula is C20H22N2O2. The third-order valence-electron chi connectivity index (χ3n) is 4.60. The highest BCUT2D eigenvalue weighted by atomic mass is 16.2. The maximum Gasteiger partial charge on any atom is 0.239 e. The number of amides is 2. The molecule has 1 aliphatic heterocycles. The van der Waals surface area contributed by atoms with Crippen LogP contribution in [-0.2, 0) is 9.59 Å². The summed E-state index contributed by atoms with van der Waals surface area (Å²) in [4.78, 5) is 28.7. The van der Waals surface area contributed by atoms with Gasteiger partial charge in [-0.2, -0.15) is 0 Å². The number of nitrogens with zero attached hydrogens (tertiary/aromatic N) is 2. The minimum atomic E-state index is -0.599. The zero-order chi connectivity index (χ0) is 17.3. The summed E-state index contributed by atoms with van der Waals surface area (Å²) in [6.07, 6.45) is 0.557. The minimum absolute atomic E-state index is 0.109. The fourth-order valence-electron chi connectivity index (χ4n) is 3.02. The Morgan fingerprint density at radius 3 is 2.12 bits per heavy atom. The largest absolute Gasteiger partial charge is 0.315 e. The van der Waals surface area contributed by atoms with Crippen molar-refractivity contribution in [2.24, 2.45) is 5.92 Å². The summed E-state index contributed by atoms with van der Waals surface area (Å²) in [6, 6.07) is 15.6. The van der Waals surface area contributed by atoms with Crippen LogP contribution in [-0.4, -0.2) is 25.4 Å². The summed E-state index contributed by atoms with van der Waals surface area (Å²) < 4.78 is 0. The maximum atomic E-state index is 12.8. The molecule has 0 aromatic heterocycles. The first-order valence-electron chi connectivity index (χ1n) is 8.19. The molecule has 1 aliphatic rings. The lowest BCUT2D eigenvalue weighted by atomic mass is 10.1. The van der Waals surface area contributed by atoms with Crippen molar-refractivity contribution in [3.05, 3.63) is 59.7 Å². The van der Waals surface area contributed by atoms with Gasteiger partial charge >= 0.3 is 0 Å². The van der Waals surface area contributed by atoms with E-state index >= 15 is 0 Å². The highest BCUT2D eigenvalue weighted by Crippen LogP contribution is 2.28. The van der Waals surface area contributed by atoms with E-state index in [0.29, 0.717) is 13.0 Å². The number of anilines is 2. The number of benzene rings is 2. The van der Waals surface area contributed by atoms with Gasteiger partial charge in [0.25, 0.3) is 0 Å². The van der Waals surface area contributed by atoms with E-state index in [9.17, 15) is 9.59 Å². The standard InChI is InChI=1S/C20H22N2O2/c1-14-4-8-16(9-5-14)21(3)19(23)18-12-13-22(20(18)24)17-10-6-15(2)7-11-17/h4-11,18H,12-13H2,1-3H3. The SMILES string of the molecule is Cc1ccc(N(C)C(=O)C2CCN(c3ccc(C)cc3)C2=O)cc1. The van der Waals surface area contributed by atoms with E-state index in [2.05, 4.69) is 0 Å². The van der Waals surface area contributed by atoms with Gasteiger partial charge in [-0.3, -0.25) is 9.59 Å². The molecule has 1 saturated heterocycles. The second-order valence-electron chi connectivity index (χ2n) is 6.40. The van der Waals surface area contributed by atoms with Gasteiger partial charge in [-0.05, 0) is 44.5 Å². The lowest BCUT2D eigenvalue weighted by molar-refractivity contribution is -0.130. The second kappa shape index (κ2) is 6.48. The lowest BCUT2D eigenvalue weighted by Gasteiger charge is -2.21. The van der Waals surface area contributed by atoms with Gasteiger partial charge in [0.2, 0.25) is 11.8 Å². The van der Waals surface area contributed by atoms with Crippen LogP contribution in [0.5, 0.6) is 0 Å². The molecule has 0 N–H and O–H groups in total. The van der Waals surface area contributed by atoms with Gasteiger partial charge in [-0.1, -0.05) is 35.4 Å². The van der Waals surface area contributed by atoms with Crippen molar-refractivity contribution >= 4 is 23.2 Å². The van der Waals surface area contributed by atoms with Crippen LogP contribution in [0, 0.1) is 19.8 Å². The first kappa shape index (κ1) is 16.2. The first-order chi connectivity index (χ1) is 11.5. The molecule has 1 unspecified atom stereocenters. The molecular weight excluding hydrogens is 300 g/mol. The maximum absolute atomic E-state index is 12.8. The molecule has 4 nitrogen and oxygen atoms in total. The van der Waals surface area contributed by atoms with Gasteiger partial charge in [-0.15, -0.1) is 0 Å². The van der Waals surface area contributed by atoms with Crippen LogP contribution >= 0.6 is 0 Å². The summed E-state index contributed by atoms with van der Waals surface area (Å²) in [5.74, 6) is -0.848. The van der Waals surface area contributed by atoms with Gasteiger partial charge in [0, 0.05) is 25.0 Å². The molecule has 0 bridgehead atoms. The van der Waals surface area contributed by atoms with Crippen LogP contribution < -0.4 is 9.80 Å². The number of hydrogen-bond donors (Lipinski definition) is 0. The molecule has 0 saturated carbocycles. The zero-order valence-corrected chi connectivity index (χ0v) is 14.3. The summed E-state index contributed by atoms with van der Waals surface area (Å²) >= 11 is 0. The number of carbonyl (C=O) groups is 2. The fraction of sp³-hybridized carbons (Fsp3) is 0.300. The van der Waals surface area contributed by atoms with Crippen LogP contribution in [0.15, 0.2) is 48.5 Å². The van der Waals surface area contributed by atoms with Crippen molar-refractivity contribution < 1.29 is 9.59 Å². The van der Waals surface area contributed by atoms with E-state index in [1.165, 1.54) is 0 Å². The normalized spacial score (nSPS) is 17.2. The second-order valence-corrected chi connectivity index (χ2v) is 6.40. The van der Waals surface area contributed by atoms with Crippen LogP contribution in [0.2, 0.25) is 0 Å². The van der Waals surface area contributed by atoms with E-state index in [1.807, 2.05) is 62.4 Å². The average molecular weight is 322 g/mol. The van der Waals surface area contributed by atoms with Gasteiger partial charge in [0.15, 0.2) is 0 Å². The predicted molar refractivity (Wildman–Crippen MR) is 96.2 cm³/mol. The molecule has 3 rings (SSSR count). The van der Waals surface area contributed by atoms with Gasteiger partial charge in [0.05, 0.1) is 0 Å². The van der Waals surface area contributed by atoms with Crippen molar-refractivity contribution in [2.75, 3.05) is 23.4 Å². The smallest absolute Gasteiger partial charge is 0.239 e. The van der Waals surface area contributed by atoms with Crippen LogP contribution in [0.1, 0.15) is 17.5 Å². The molecule has 2 aromatic carbocycles. The third-order valence-corrected chi connectivity index (χ3v) is 4.60. The van der Waals surface area contributed by atoms with Crippen molar-refractivity contribution in [1.82, 2.24) is 0 Å². The predicted octanol–water partition coefficient (Wildman–Crippen LogP) is 3.32. The molecule has 2 aromatic rings. The van der Waals surface area contributed by atoms with E-state index < -0.39 is 5.92 Å². The molecule has 124 valence electrons. The monoisotopic (exact) mass is 322 g/mol. The van der Waals surface area contributed by atoms with Crippen LogP contribution in [0.25, 0.3) is 0 Å². The van der Waals surface area contributed by atoms with Gasteiger partial charge in [0.1, 0.15) is 5.92 Å². The summed E-state index contributed by atoms with van der Waals surface area (Å²) in [7, 11) is 1.73. The number of aryl methyl sites for hydroxylation is 2. The van der Waals surface area contributed by atoms with Crippen LogP contribution in [0.3, 0.4) is 0 Å². The Labute approximate surface area is 142 Å². The fourth-order valence-corrected chi connectivity index (χ4v) is 3.02. The zero-order valence-electron chi connectivity index (χ0n) is 14.3. The highest BCUT2D eigenvalue weighted by Gasteiger charge is 2.39. The van der Waals surface area contributed by atoms with Crippen molar-refractivity contribution in [1.29, 1.82) is 0 Å². The molecule has 0 spiro atoms. The molecule has 0 radical (unpaired) electrons. The highest BCUT2D eigenvalue weighted by molar-refractivity contribution is 6.13. The first-order valence-corrected chi connectivity index (χ1v) is 8.19. The molecule has 1 fully saturated rings. The molecule has 24 heavy (non-hydrogen) atoms. The summed E-state index contributed by atoms with van der Waals surface area (Å²) in [5, 5.41) is 0. The minimum Gasteiger partial charge on any atom is -0.315 e. The average Bonchev–Trinajstić information content (AvgIpc) is 2.96. The Morgan fingerprint density at radius 1 is 1.00 bits per heavy atom.